The Morgan fingerprint density at radius 3 is 2.62 bits per heavy atom. The summed E-state index contributed by atoms with van der Waals surface area (Å²) in [4.78, 5) is 21.9. The molecule has 9 nitrogen and oxygen atoms in total. The van der Waals surface area contributed by atoms with Crippen LogP contribution in [0.15, 0.2) is 57.7 Å². The molecule has 5 rings (SSSR count). The first-order valence-corrected chi connectivity index (χ1v) is 10.4. The second kappa shape index (κ2) is 8.35. The van der Waals surface area contributed by atoms with Gasteiger partial charge in [-0.25, -0.2) is 0 Å². The Morgan fingerprint density at radius 2 is 1.94 bits per heavy atom. The van der Waals surface area contributed by atoms with Crippen LogP contribution < -0.4 is 0 Å². The molecule has 1 aliphatic rings. The topological polar surface area (TPSA) is 118 Å². The van der Waals surface area contributed by atoms with Crippen molar-refractivity contribution in [1.82, 2.24) is 25.2 Å². The first-order valence-electron chi connectivity index (χ1n) is 10.4. The highest BCUT2D eigenvalue weighted by molar-refractivity contribution is 5.71. The van der Waals surface area contributed by atoms with Gasteiger partial charge in [0.2, 0.25) is 5.82 Å². The molecule has 32 heavy (non-hydrogen) atoms. The Balaban J connectivity index is 1.32. The van der Waals surface area contributed by atoms with Crippen LogP contribution >= 0.6 is 0 Å². The normalized spacial score (nSPS) is 14.4. The van der Waals surface area contributed by atoms with Gasteiger partial charge < -0.3 is 14.2 Å². The Kier molecular flexibility index (Phi) is 5.24. The number of nitrogens with zero attached hydrogens (tertiary/aromatic N) is 5. The minimum absolute atomic E-state index is 0.255. The number of likely N-dealkylation sites (tertiary alicyclic amines) is 1. The summed E-state index contributed by atoms with van der Waals surface area (Å²) in [7, 11) is 0. The van der Waals surface area contributed by atoms with E-state index in [1.807, 2.05) is 49.4 Å². The van der Waals surface area contributed by atoms with Gasteiger partial charge in [-0.3, -0.25) is 14.7 Å². The number of hydrogen-bond acceptors (Lipinski definition) is 8. The van der Waals surface area contributed by atoms with Gasteiger partial charge in [-0.15, -0.1) is 0 Å². The number of rotatable bonds is 7. The summed E-state index contributed by atoms with van der Waals surface area (Å²) in [6.07, 6.45) is 2.38. The molecule has 1 N–H and O–H groups in total. The monoisotopic (exact) mass is 431 g/mol. The lowest BCUT2D eigenvalue weighted by molar-refractivity contribution is -0.147. The van der Waals surface area contributed by atoms with Crippen molar-refractivity contribution in [3.63, 3.8) is 0 Å². The van der Waals surface area contributed by atoms with Crippen LogP contribution in [0.25, 0.3) is 34.4 Å². The number of hydrogen-bond donors (Lipinski definition) is 1. The number of pyridine rings is 1. The molecule has 3 aromatic heterocycles. The van der Waals surface area contributed by atoms with Gasteiger partial charge in [-0.05, 0) is 24.1 Å². The van der Waals surface area contributed by atoms with E-state index in [0.29, 0.717) is 48.4 Å². The zero-order valence-corrected chi connectivity index (χ0v) is 17.4. The van der Waals surface area contributed by atoms with Crippen molar-refractivity contribution in [3.8, 4) is 34.4 Å². The van der Waals surface area contributed by atoms with Crippen LogP contribution in [-0.2, 0) is 17.8 Å². The van der Waals surface area contributed by atoms with Crippen LogP contribution in [-0.4, -0.2) is 49.3 Å². The van der Waals surface area contributed by atoms with E-state index >= 15 is 0 Å². The molecule has 0 amide bonds. The van der Waals surface area contributed by atoms with Crippen LogP contribution in [0.1, 0.15) is 18.1 Å². The number of carboxylic acid groups (broad SMARTS) is 1. The van der Waals surface area contributed by atoms with E-state index in [4.69, 9.17) is 14.2 Å². The third-order valence-electron chi connectivity index (χ3n) is 5.59. The van der Waals surface area contributed by atoms with Crippen molar-refractivity contribution in [2.75, 3.05) is 13.1 Å². The third-order valence-corrected chi connectivity index (χ3v) is 5.59. The Morgan fingerprint density at radius 1 is 1.12 bits per heavy atom. The van der Waals surface area contributed by atoms with Crippen molar-refractivity contribution < 1.29 is 18.9 Å². The maximum atomic E-state index is 10.9. The largest absolute Gasteiger partial charge is 0.481 e. The van der Waals surface area contributed by atoms with Gasteiger partial charge >= 0.3 is 5.97 Å². The van der Waals surface area contributed by atoms with E-state index in [9.17, 15) is 4.79 Å². The van der Waals surface area contributed by atoms with E-state index < -0.39 is 5.97 Å². The summed E-state index contributed by atoms with van der Waals surface area (Å²) in [6.45, 7) is 3.90. The molecule has 4 heterocycles. The van der Waals surface area contributed by atoms with Crippen LogP contribution in [0.3, 0.4) is 0 Å². The molecular formula is C23H21N5O4. The Hall–Kier alpha value is -3.85. The van der Waals surface area contributed by atoms with Gasteiger partial charge in [-0.2, -0.15) is 4.98 Å². The first kappa shape index (κ1) is 20.1. The second-order valence-corrected chi connectivity index (χ2v) is 7.76. The predicted molar refractivity (Wildman–Crippen MR) is 114 cm³/mol. The second-order valence-electron chi connectivity index (χ2n) is 7.76. The summed E-state index contributed by atoms with van der Waals surface area (Å²) in [6, 6.07) is 13.5. The molecular weight excluding hydrogens is 410 g/mol. The quantitative estimate of drug-likeness (QED) is 0.469. The van der Waals surface area contributed by atoms with Gasteiger partial charge in [-0.1, -0.05) is 47.6 Å². The van der Waals surface area contributed by atoms with Crippen LogP contribution in [0.4, 0.5) is 0 Å². The van der Waals surface area contributed by atoms with Gasteiger partial charge in [0.25, 0.3) is 5.89 Å². The highest BCUT2D eigenvalue weighted by Gasteiger charge is 2.32. The summed E-state index contributed by atoms with van der Waals surface area (Å²) < 4.78 is 11.0. The maximum absolute atomic E-state index is 10.9. The molecule has 0 radical (unpaired) electrons. The molecule has 0 atom stereocenters. The fourth-order valence-electron chi connectivity index (χ4n) is 3.81. The zero-order valence-electron chi connectivity index (χ0n) is 17.4. The molecule has 0 bridgehead atoms. The summed E-state index contributed by atoms with van der Waals surface area (Å²) in [5.41, 5.74) is 4.02. The van der Waals surface area contributed by atoms with E-state index in [0.717, 1.165) is 23.2 Å². The molecule has 0 unspecified atom stereocenters. The molecule has 1 aromatic carbocycles. The van der Waals surface area contributed by atoms with E-state index in [1.54, 1.807) is 6.20 Å². The van der Waals surface area contributed by atoms with Crippen LogP contribution in [0.2, 0.25) is 0 Å². The number of aliphatic carboxylic acids is 1. The SMILES string of the molecule is CCc1c(-c2nc(-c3ccc(CN4CC(C(=O)O)C4)cc3)no2)noc1-c1ccccn1. The lowest BCUT2D eigenvalue weighted by Crippen LogP contribution is -2.49. The zero-order chi connectivity index (χ0) is 22.1. The molecule has 0 saturated carbocycles. The summed E-state index contributed by atoms with van der Waals surface area (Å²) in [5.74, 6) is 0.381. The maximum Gasteiger partial charge on any atom is 0.309 e. The molecule has 4 aromatic rings. The van der Waals surface area contributed by atoms with Crippen LogP contribution in [0.5, 0.6) is 0 Å². The van der Waals surface area contributed by atoms with Crippen molar-refractivity contribution in [2.45, 2.75) is 19.9 Å². The third kappa shape index (κ3) is 3.78. The minimum atomic E-state index is -0.727. The van der Waals surface area contributed by atoms with Crippen molar-refractivity contribution >= 4 is 5.97 Å². The fourth-order valence-corrected chi connectivity index (χ4v) is 3.81. The smallest absolute Gasteiger partial charge is 0.309 e. The molecule has 0 spiro atoms. The number of benzene rings is 1. The van der Waals surface area contributed by atoms with Crippen LogP contribution in [0, 0.1) is 5.92 Å². The molecule has 1 saturated heterocycles. The summed E-state index contributed by atoms with van der Waals surface area (Å²) >= 11 is 0. The fraction of sp³-hybridized carbons (Fsp3) is 0.261. The molecule has 162 valence electrons. The highest BCUT2D eigenvalue weighted by atomic mass is 16.5. The molecule has 0 aliphatic carbocycles. The first-order chi connectivity index (χ1) is 15.6. The number of carboxylic acids is 1. The van der Waals surface area contributed by atoms with Gasteiger partial charge in [0.05, 0.1) is 5.92 Å². The van der Waals surface area contributed by atoms with Gasteiger partial charge in [0.15, 0.2) is 11.5 Å². The average molecular weight is 431 g/mol. The average Bonchev–Trinajstić information content (AvgIpc) is 3.43. The van der Waals surface area contributed by atoms with E-state index in [-0.39, 0.29) is 5.92 Å². The molecule has 1 fully saturated rings. The minimum Gasteiger partial charge on any atom is -0.481 e. The lowest BCUT2D eigenvalue weighted by Gasteiger charge is -2.36. The summed E-state index contributed by atoms with van der Waals surface area (Å²) in [5, 5.41) is 17.3. The Labute approximate surface area is 183 Å². The molecule has 9 heteroatoms. The van der Waals surface area contributed by atoms with Gasteiger partial charge in [0, 0.05) is 37.0 Å². The Bertz CT molecular complexity index is 1230. The predicted octanol–water partition coefficient (Wildman–Crippen LogP) is 3.53. The van der Waals surface area contributed by atoms with Crippen molar-refractivity contribution in [1.29, 1.82) is 0 Å². The highest BCUT2D eigenvalue weighted by Crippen LogP contribution is 2.32. The number of carbonyl (C=O) groups is 1. The van der Waals surface area contributed by atoms with Crippen molar-refractivity contribution in [3.05, 3.63) is 59.8 Å². The van der Waals surface area contributed by atoms with Gasteiger partial charge in [0.1, 0.15) is 5.69 Å². The molecule has 1 aliphatic heterocycles. The van der Waals surface area contributed by atoms with Crippen molar-refractivity contribution in [2.24, 2.45) is 5.92 Å². The lowest BCUT2D eigenvalue weighted by atomic mass is 9.99. The standard InChI is InChI=1S/C23H21N5O4/c1-2-17-19(26-31-20(17)18-5-3-4-10-24-18)22-25-21(27-32-22)15-8-6-14(7-9-15)11-28-12-16(13-28)23(29)30/h3-10,16H,2,11-13H2,1H3,(H,29,30). The van der Waals surface area contributed by atoms with E-state index in [2.05, 4.69) is 25.2 Å². The number of aromatic nitrogens is 4. The van der Waals surface area contributed by atoms with E-state index in [1.165, 1.54) is 0 Å².